The summed E-state index contributed by atoms with van der Waals surface area (Å²) in [5, 5.41) is 1.99. The molecule has 1 aliphatic rings. The van der Waals surface area contributed by atoms with Crippen LogP contribution in [0.1, 0.15) is 0 Å². The van der Waals surface area contributed by atoms with Crippen LogP contribution in [0, 0.1) is 0 Å². The van der Waals surface area contributed by atoms with Crippen LogP contribution in [0.2, 0.25) is 0 Å². The Hall–Kier alpha value is 0.01000. The van der Waals surface area contributed by atoms with E-state index in [9.17, 15) is 21.6 Å². The fourth-order valence-electron chi connectivity index (χ4n) is 0.724. The summed E-state index contributed by atoms with van der Waals surface area (Å²) in [5.41, 5.74) is -5.23. The highest BCUT2D eigenvalue weighted by Gasteiger charge is 2.47. The predicted molar refractivity (Wildman–Crippen MR) is 42.4 cm³/mol. The van der Waals surface area contributed by atoms with Gasteiger partial charge in [-0.3, -0.25) is 0 Å². The maximum Gasteiger partial charge on any atom is 0.511 e. The Morgan fingerprint density at radius 3 is 2.46 bits per heavy atom. The van der Waals surface area contributed by atoms with E-state index in [1.807, 2.05) is 0 Å². The van der Waals surface area contributed by atoms with Crippen LogP contribution in [0.3, 0.4) is 0 Å². The molecule has 1 saturated heterocycles. The van der Waals surface area contributed by atoms with E-state index >= 15 is 0 Å². The summed E-state index contributed by atoms with van der Waals surface area (Å²) < 4.78 is 58.0. The molecular formula is C4H7F3N2O2S2. The fourth-order valence-corrected chi connectivity index (χ4v) is 2.61. The van der Waals surface area contributed by atoms with Gasteiger partial charge in [-0.1, -0.05) is 0 Å². The Kier molecular flexibility index (Phi) is 3.10. The minimum atomic E-state index is -5.23. The zero-order valence-corrected chi connectivity index (χ0v) is 7.89. The molecule has 1 heterocycles. The molecule has 0 unspecified atom stereocenters. The second-order valence-corrected chi connectivity index (χ2v) is 5.22. The van der Waals surface area contributed by atoms with E-state index in [0.29, 0.717) is 5.88 Å². The van der Waals surface area contributed by atoms with Crippen molar-refractivity contribution < 1.29 is 21.6 Å². The number of alkyl halides is 3. The van der Waals surface area contributed by atoms with E-state index in [-0.39, 0.29) is 6.54 Å². The molecule has 78 valence electrons. The molecule has 0 aromatic carbocycles. The molecule has 1 atom stereocenters. The lowest BCUT2D eigenvalue weighted by Gasteiger charge is -2.12. The van der Waals surface area contributed by atoms with E-state index < -0.39 is 20.9 Å². The summed E-state index contributed by atoms with van der Waals surface area (Å²) in [7, 11) is -5.19. The third kappa shape index (κ3) is 2.73. The Labute approximate surface area is 77.3 Å². The molecular weight excluding hydrogens is 229 g/mol. The molecule has 0 bridgehead atoms. The average molecular weight is 236 g/mol. The second-order valence-electron chi connectivity index (χ2n) is 2.32. The fraction of sp³-hybridized carbons (Fsp3) is 1.00. The SMILES string of the molecule is O=S(=O)(N[C@H]1CNCS1)C(F)(F)F. The van der Waals surface area contributed by atoms with Gasteiger partial charge < -0.3 is 5.32 Å². The first-order valence-electron chi connectivity index (χ1n) is 3.24. The van der Waals surface area contributed by atoms with Crippen molar-refractivity contribution in [3.63, 3.8) is 0 Å². The van der Waals surface area contributed by atoms with E-state index in [4.69, 9.17) is 0 Å². The van der Waals surface area contributed by atoms with Crippen LogP contribution in [0.4, 0.5) is 13.2 Å². The summed E-state index contributed by atoms with van der Waals surface area (Å²) in [5.74, 6) is 0.449. The lowest BCUT2D eigenvalue weighted by atomic mass is 10.7. The number of sulfonamides is 1. The molecule has 0 aromatic heterocycles. The second kappa shape index (κ2) is 3.64. The number of hydrogen-bond donors (Lipinski definition) is 2. The van der Waals surface area contributed by atoms with Gasteiger partial charge in [-0.05, 0) is 0 Å². The van der Waals surface area contributed by atoms with Crippen LogP contribution in [0.25, 0.3) is 0 Å². The van der Waals surface area contributed by atoms with Crippen molar-refractivity contribution in [3.05, 3.63) is 0 Å². The maximum absolute atomic E-state index is 11.8. The number of rotatable bonds is 2. The molecule has 0 radical (unpaired) electrons. The smallest absolute Gasteiger partial charge is 0.305 e. The zero-order valence-electron chi connectivity index (χ0n) is 6.26. The van der Waals surface area contributed by atoms with Crippen LogP contribution in [0.15, 0.2) is 0 Å². The lowest BCUT2D eigenvalue weighted by Crippen LogP contribution is -2.42. The first-order valence-corrected chi connectivity index (χ1v) is 5.77. The van der Waals surface area contributed by atoms with Gasteiger partial charge >= 0.3 is 15.5 Å². The summed E-state index contributed by atoms with van der Waals surface area (Å²) in [6, 6.07) is 0. The van der Waals surface area contributed by atoms with Gasteiger partial charge in [-0.15, -0.1) is 11.8 Å². The third-order valence-corrected chi connectivity index (χ3v) is 3.72. The van der Waals surface area contributed by atoms with Gasteiger partial charge in [-0.25, -0.2) is 8.42 Å². The Morgan fingerprint density at radius 1 is 1.46 bits per heavy atom. The standard InChI is InChI=1S/C4H7F3N2O2S2/c5-4(6,7)13(10,11)9-3-1-8-2-12-3/h3,8-9H,1-2H2/t3-/m1/s1. The quantitative estimate of drug-likeness (QED) is 0.711. The highest BCUT2D eigenvalue weighted by molar-refractivity contribution is 8.01. The number of nitrogens with one attached hydrogen (secondary N) is 2. The minimum Gasteiger partial charge on any atom is -0.305 e. The molecule has 1 rings (SSSR count). The first kappa shape index (κ1) is 11.1. The molecule has 0 amide bonds. The number of thioether (sulfide) groups is 1. The molecule has 2 N–H and O–H groups in total. The minimum absolute atomic E-state index is 0.208. The van der Waals surface area contributed by atoms with E-state index in [1.165, 1.54) is 0 Å². The highest BCUT2D eigenvalue weighted by atomic mass is 32.2. The van der Waals surface area contributed by atoms with Crippen LogP contribution in [0.5, 0.6) is 0 Å². The van der Waals surface area contributed by atoms with Gasteiger partial charge in [0.15, 0.2) is 0 Å². The van der Waals surface area contributed by atoms with Crippen LogP contribution < -0.4 is 10.0 Å². The summed E-state index contributed by atoms with van der Waals surface area (Å²) in [6.45, 7) is 0.208. The monoisotopic (exact) mass is 236 g/mol. The molecule has 9 heteroatoms. The first-order chi connectivity index (χ1) is 5.83. The van der Waals surface area contributed by atoms with Crippen molar-refractivity contribution in [1.29, 1.82) is 0 Å². The third-order valence-electron chi connectivity index (χ3n) is 1.31. The summed E-state index contributed by atoms with van der Waals surface area (Å²) in [6.07, 6.45) is 0. The van der Waals surface area contributed by atoms with Gasteiger partial charge in [-0.2, -0.15) is 17.9 Å². The molecule has 4 nitrogen and oxygen atoms in total. The normalized spacial score (nSPS) is 25.0. The van der Waals surface area contributed by atoms with Gasteiger partial charge in [0.25, 0.3) is 0 Å². The van der Waals surface area contributed by atoms with E-state index in [1.54, 1.807) is 4.72 Å². The molecule has 1 aliphatic heterocycles. The summed E-state index contributed by atoms with van der Waals surface area (Å²) >= 11 is 1.08. The lowest BCUT2D eigenvalue weighted by molar-refractivity contribution is -0.0448. The molecule has 13 heavy (non-hydrogen) atoms. The molecule has 0 saturated carbocycles. The van der Waals surface area contributed by atoms with Crippen LogP contribution >= 0.6 is 11.8 Å². The van der Waals surface area contributed by atoms with Crippen LogP contribution in [-0.2, 0) is 10.0 Å². The molecule has 0 aromatic rings. The van der Waals surface area contributed by atoms with E-state index in [2.05, 4.69) is 5.32 Å². The Bertz CT molecular complexity index is 270. The van der Waals surface area contributed by atoms with Crippen molar-refractivity contribution in [1.82, 2.24) is 10.0 Å². The van der Waals surface area contributed by atoms with Crippen molar-refractivity contribution in [2.24, 2.45) is 0 Å². The van der Waals surface area contributed by atoms with Crippen LogP contribution in [-0.4, -0.2) is 31.7 Å². The molecule has 0 aliphatic carbocycles. The van der Waals surface area contributed by atoms with Gasteiger partial charge in [0, 0.05) is 12.4 Å². The molecule has 1 fully saturated rings. The summed E-state index contributed by atoms with van der Waals surface area (Å²) in [4.78, 5) is 0. The maximum atomic E-state index is 11.8. The van der Waals surface area contributed by atoms with Gasteiger partial charge in [0.1, 0.15) is 0 Å². The highest BCUT2D eigenvalue weighted by Crippen LogP contribution is 2.24. The van der Waals surface area contributed by atoms with E-state index in [0.717, 1.165) is 11.8 Å². The van der Waals surface area contributed by atoms with Crippen molar-refractivity contribution in [2.75, 3.05) is 12.4 Å². The largest absolute Gasteiger partial charge is 0.511 e. The number of hydrogen-bond acceptors (Lipinski definition) is 4. The molecule has 0 spiro atoms. The van der Waals surface area contributed by atoms with Crippen molar-refractivity contribution >= 4 is 21.8 Å². The topological polar surface area (TPSA) is 58.2 Å². The Balaban J connectivity index is 2.62. The predicted octanol–water partition coefficient (Wildman–Crippen LogP) is 0.0456. The Morgan fingerprint density at radius 2 is 2.08 bits per heavy atom. The van der Waals surface area contributed by atoms with Gasteiger partial charge in [0.05, 0.1) is 5.37 Å². The van der Waals surface area contributed by atoms with Crippen molar-refractivity contribution in [2.45, 2.75) is 10.9 Å². The van der Waals surface area contributed by atoms with Crippen molar-refractivity contribution in [3.8, 4) is 0 Å². The van der Waals surface area contributed by atoms with Gasteiger partial charge in [0.2, 0.25) is 0 Å². The average Bonchev–Trinajstić information content (AvgIpc) is 2.35. The zero-order chi connectivity index (χ0) is 10.1. The number of halogens is 3.